The second-order valence-electron chi connectivity index (χ2n) is 5.11. The largest absolute Gasteiger partial charge is 0.480 e. The van der Waals surface area contributed by atoms with Crippen LogP contribution >= 0.6 is 11.3 Å². The van der Waals surface area contributed by atoms with E-state index in [-0.39, 0.29) is 4.21 Å². The number of hydrogen-bond donors (Lipinski definition) is 2. The number of carbonyl (C=O) groups is 1. The first-order valence-electron chi connectivity index (χ1n) is 6.17. The van der Waals surface area contributed by atoms with Gasteiger partial charge in [0.25, 0.3) is 10.0 Å². The number of carboxylic acids is 1. The van der Waals surface area contributed by atoms with Crippen molar-refractivity contribution in [2.24, 2.45) is 5.92 Å². The van der Waals surface area contributed by atoms with E-state index in [1.807, 2.05) is 0 Å². The fraction of sp³-hybridized carbons (Fsp3) is 0.583. The summed E-state index contributed by atoms with van der Waals surface area (Å²) >= 11 is 1.09. The van der Waals surface area contributed by atoms with Crippen LogP contribution in [0.2, 0.25) is 0 Å². The predicted molar refractivity (Wildman–Crippen MR) is 72.6 cm³/mol. The smallest absolute Gasteiger partial charge is 0.324 e. The van der Waals surface area contributed by atoms with Gasteiger partial charge in [0.1, 0.15) is 9.75 Å². The second-order valence-corrected chi connectivity index (χ2v) is 7.96. The zero-order valence-electron chi connectivity index (χ0n) is 10.6. The van der Waals surface area contributed by atoms with E-state index >= 15 is 0 Å². The van der Waals surface area contributed by atoms with Crippen molar-refractivity contribution in [2.75, 3.05) is 0 Å². The van der Waals surface area contributed by atoms with Crippen LogP contribution in [-0.2, 0) is 14.8 Å². The van der Waals surface area contributed by atoms with Gasteiger partial charge in [-0.2, -0.15) is 4.72 Å². The van der Waals surface area contributed by atoms with Gasteiger partial charge in [0.05, 0.1) is 0 Å². The molecule has 1 aromatic rings. The molecule has 0 atom stereocenters. The molecule has 0 bridgehead atoms. The van der Waals surface area contributed by atoms with Gasteiger partial charge in [0.15, 0.2) is 0 Å². The van der Waals surface area contributed by atoms with E-state index in [9.17, 15) is 18.3 Å². The molecule has 1 heterocycles. The predicted octanol–water partition coefficient (Wildman–Crippen LogP) is 2.06. The molecule has 0 radical (unpaired) electrons. The highest BCUT2D eigenvalue weighted by Crippen LogP contribution is 2.33. The average molecular weight is 303 g/mol. The Balaban J connectivity index is 2.25. The van der Waals surface area contributed by atoms with E-state index in [0.717, 1.165) is 24.2 Å². The molecule has 0 saturated heterocycles. The van der Waals surface area contributed by atoms with E-state index < -0.39 is 21.5 Å². The van der Waals surface area contributed by atoms with Crippen LogP contribution in [0.15, 0.2) is 21.7 Å². The Morgan fingerprint density at radius 3 is 2.58 bits per heavy atom. The summed E-state index contributed by atoms with van der Waals surface area (Å²) in [6.45, 7) is 2.06. The van der Waals surface area contributed by atoms with Crippen LogP contribution in [0.4, 0.5) is 0 Å². The fourth-order valence-corrected chi connectivity index (χ4v) is 4.75. The lowest BCUT2D eigenvalue weighted by Crippen LogP contribution is -2.56. The molecule has 2 N–H and O–H groups in total. The first-order valence-corrected chi connectivity index (χ1v) is 8.53. The molecule has 0 aliphatic heterocycles. The average Bonchev–Trinajstić information content (AvgIpc) is 2.86. The van der Waals surface area contributed by atoms with Crippen LogP contribution in [0.5, 0.6) is 0 Å². The SMILES string of the molecule is CC1CCC(NS(=O)(=O)c2cccs2)(C(=O)O)CC1. The van der Waals surface area contributed by atoms with E-state index in [1.165, 1.54) is 6.07 Å². The highest BCUT2D eigenvalue weighted by atomic mass is 32.2. The molecule has 0 amide bonds. The fourth-order valence-electron chi connectivity index (χ4n) is 2.34. The number of nitrogens with one attached hydrogen (secondary N) is 1. The Hall–Kier alpha value is -0.920. The normalized spacial score (nSPS) is 28.2. The molecule has 1 saturated carbocycles. The zero-order chi connectivity index (χ0) is 14.1. The minimum atomic E-state index is -3.75. The molecule has 1 aliphatic carbocycles. The summed E-state index contributed by atoms with van der Waals surface area (Å²) in [6.07, 6.45) is 2.13. The number of sulfonamides is 1. The van der Waals surface area contributed by atoms with Crippen molar-refractivity contribution in [1.82, 2.24) is 4.72 Å². The number of hydrogen-bond acceptors (Lipinski definition) is 4. The van der Waals surface area contributed by atoms with E-state index in [4.69, 9.17) is 0 Å². The molecule has 1 fully saturated rings. The summed E-state index contributed by atoms with van der Waals surface area (Å²) in [5.41, 5.74) is -1.35. The Morgan fingerprint density at radius 2 is 2.11 bits per heavy atom. The number of aliphatic carboxylic acids is 1. The number of rotatable bonds is 4. The molecule has 0 unspecified atom stereocenters. The minimum absolute atomic E-state index is 0.159. The summed E-state index contributed by atoms with van der Waals surface area (Å²) < 4.78 is 27.0. The topological polar surface area (TPSA) is 83.5 Å². The lowest BCUT2D eigenvalue weighted by Gasteiger charge is -2.35. The maximum Gasteiger partial charge on any atom is 0.324 e. The first kappa shape index (κ1) is 14.5. The minimum Gasteiger partial charge on any atom is -0.480 e. The molecule has 0 spiro atoms. The van der Waals surface area contributed by atoms with Gasteiger partial charge in [-0.1, -0.05) is 13.0 Å². The molecule has 0 aromatic carbocycles. The van der Waals surface area contributed by atoms with Gasteiger partial charge in [0, 0.05) is 0 Å². The van der Waals surface area contributed by atoms with Gasteiger partial charge in [-0.25, -0.2) is 8.42 Å². The number of carboxylic acid groups (broad SMARTS) is 1. The highest BCUT2D eigenvalue weighted by Gasteiger charge is 2.44. The Bertz CT molecular complexity index is 542. The van der Waals surface area contributed by atoms with Crippen molar-refractivity contribution >= 4 is 27.3 Å². The Morgan fingerprint density at radius 1 is 1.47 bits per heavy atom. The van der Waals surface area contributed by atoms with Crippen molar-refractivity contribution in [1.29, 1.82) is 0 Å². The molecule has 1 aromatic heterocycles. The van der Waals surface area contributed by atoms with Gasteiger partial charge in [0.2, 0.25) is 0 Å². The molecule has 106 valence electrons. The van der Waals surface area contributed by atoms with Crippen molar-refractivity contribution < 1.29 is 18.3 Å². The van der Waals surface area contributed by atoms with Crippen LogP contribution in [0.1, 0.15) is 32.6 Å². The zero-order valence-corrected chi connectivity index (χ0v) is 12.3. The maximum atomic E-state index is 12.2. The Labute approximate surface area is 116 Å². The third-order valence-corrected chi connectivity index (χ3v) is 6.56. The van der Waals surface area contributed by atoms with Gasteiger partial charge in [-0.3, -0.25) is 4.79 Å². The summed E-state index contributed by atoms with van der Waals surface area (Å²) in [7, 11) is -3.75. The summed E-state index contributed by atoms with van der Waals surface area (Å²) in [5, 5.41) is 11.1. The van der Waals surface area contributed by atoms with E-state index in [1.54, 1.807) is 11.4 Å². The highest BCUT2D eigenvalue weighted by molar-refractivity contribution is 7.91. The lowest BCUT2D eigenvalue weighted by molar-refractivity contribution is -0.145. The van der Waals surface area contributed by atoms with Crippen LogP contribution in [-0.4, -0.2) is 25.0 Å². The van der Waals surface area contributed by atoms with Gasteiger partial charge < -0.3 is 5.11 Å². The third-order valence-electron chi connectivity index (χ3n) is 3.63. The van der Waals surface area contributed by atoms with Gasteiger partial charge >= 0.3 is 5.97 Å². The summed E-state index contributed by atoms with van der Waals surface area (Å²) in [6, 6.07) is 3.11. The number of thiophene rings is 1. The molecular weight excluding hydrogens is 286 g/mol. The standard InChI is InChI=1S/C12H17NO4S2/c1-9-4-6-12(7-5-9,11(14)15)13-19(16,17)10-3-2-8-18-10/h2-3,8-9,13H,4-7H2,1H3,(H,14,15). The lowest BCUT2D eigenvalue weighted by atomic mass is 9.78. The van der Waals surface area contributed by atoms with Crippen molar-refractivity contribution in [2.45, 2.75) is 42.4 Å². The first-order chi connectivity index (χ1) is 8.86. The van der Waals surface area contributed by atoms with Gasteiger partial charge in [-0.05, 0) is 43.0 Å². The van der Waals surface area contributed by atoms with E-state index in [0.29, 0.717) is 18.8 Å². The van der Waals surface area contributed by atoms with Crippen LogP contribution < -0.4 is 4.72 Å². The van der Waals surface area contributed by atoms with Crippen LogP contribution in [0, 0.1) is 5.92 Å². The third kappa shape index (κ3) is 2.98. The quantitative estimate of drug-likeness (QED) is 0.892. The molecule has 2 rings (SSSR count). The van der Waals surface area contributed by atoms with Crippen LogP contribution in [0.3, 0.4) is 0 Å². The van der Waals surface area contributed by atoms with Crippen molar-refractivity contribution in [3.8, 4) is 0 Å². The van der Waals surface area contributed by atoms with Crippen molar-refractivity contribution in [3.05, 3.63) is 17.5 Å². The summed E-state index contributed by atoms with van der Waals surface area (Å²) in [5.74, 6) is -0.641. The summed E-state index contributed by atoms with van der Waals surface area (Å²) in [4.78, 5) is 11.5. The molecule has 19 heavy (non-hydrogen) atoms. The van der Waals surface area contributed by atoms with Crippen molar-refractivity contribution in [3.63, 3.8) is 0 Å². The Kier molecular flexibility index (Phi) is 3.98. The maximum absolute atomic E-state index is 12.2. The second kappa shape index (κ2) is 5.22. The molecule has 1 aliphatic rings. The molecule has 5 nitrogen and oxygen atoms in total. The van der Waals surface area contributed by atoms with Gasteiger partial charge in [-0.15, -0.1) is 11.3 Å². The van der Waals surface area contributed by atoms with Crippen LogP contribution in [0.25, 0.3) is 0 Å². The monoisotopic (exact) mass is 303 g/mol. The molecular formula is C12H17NO4S2. The van der Waals surface area contributed by atoms with E-state index in [2.05, 4.69) is 11.6 Å². The molecule has 7 heteroatoms.